The van der Waals surface area contributed by atoms with Gasteiger partial charge in [-0.25, -0.2) is 0 Å². The molecule has 2 fully saturated rings. The van der Waals surface area contributed by atoms with E-state index in [0.717, 1.165) is 0 Å². The molecule has 0 aromatic heterocycles. The lowest BCUT2D eigenvalue weighted by Gasteiger charge is -2.41. The molecule has 160 valence electrons. The summed E-state index contributed by atoms with van der Waals surface area (Å²) in [6.07, 6.45) is -12.2. The van der Waals surface area contributed by atoms with Gasteiger partial charge in [0.1, 0.15) is 42.7 Å². The van der Waals surface area contributed by atoms with Crippen LogP contribution in [0.5, 0.6) is 0 Å². The summed E-state index contributed by atoms with van der Waals surface area (Å²) < 4.78 is 15.3. The van der Waals surface area contributed by atoms with E-state index < -0.39 is 74.6 Å². The first-order valence-corrected chi connectivity index (χ1v) is 7.05. The molecule has 2 heterocycles. The molecule has 0 bridgehead atoms. The second-order valence-corrected chi connectivity index (χ2v) is 5.58. The molecule has 0 aromatic carbocycles. The van der Waals surface area contributed by atoms with Crippen LogP contribution in [0.2, 0.25) is 0 Å². The lowest BCUT2D eigenvalue weighted by Crippen LogP contribution is -2.60. The van der Waals surface area contributed by atoms with Crippen LogP contribution in [0.4, 0.5) is 0 Å². The van der Waals surface area contributed by atoms with Crippen LogP contribution in [-0.4, -0.2) is 132 Å². The summed E-state index contributed by atoms with van der Waals surface area (Å²) in [5.41, 5.74) is 0. The molecule has 0 spiro atoms. The Morgan fingerprint density at radius 1 is 0.808 bits per heavy atom. The Bertz CT molecular complexity index is 396. The zero-order chi connectivity index (χ0) is 17.4. The lowest BCUT2D eigenvalue weighted by molar-refractivity contribution is -0.318. The van der Waals surface area contributed by atoms with Crippen LogP contribution in [0.1, 0.15) is 0 Å². The molecular formula is C12H28O14. The van der Waals surface area contributed by atoms with Crippen LogP contribution in [0.15, 0.2) is 0 Å². The Morgan fingerprint density at radius 2 is 1.35 bits per heavy atom. The normalized spacial score (nSPS) is 45.2. The molecule has 26 heavy (non-hydrogen) atoms. The summed E-state index contributed by atoms with van der Waals surface area (Å²) in [7, 11) is 0. The SMILES string of the molecule is O.O.O.OCC1OC(OC2C(CO)OC(O)(CO)C2O)C(O)C(O)C1O. The second kappa shape index (κ2) is 10.7. The van der Waals surface area contributed by atoms with Crippen molar-refractivity contribution >= 4 is 0 Å². The molecule has 2 aliphatic heterocycles. The number of hydrogen-bond donors (Lipinski definition) is 8. The van der Waals surface area contributed by atoms with E-state index >= 15 is 0 Å². The Kier molecular flexibility index (Phi) is 11.4. The predicted octanol–water partition coefficient (Wildman–Crippen LogP) is -7.87. The first kappa shape index (κ1) is 27.7. The van der Waals surface area contributed by atoms with Crippen molar-refractivity contribution in [3.8, 4) is 0 Å². The van der Waals surface area contributed by atoms with Gasteiger partial charge in [-0.15, -0.1) is 0 Å². The van der Waals surface area contributed by atoms with Crippen molar-refractivity contribution in [2.45, 2.75) is 54.8 Å². The zero-order valence-electron chi connectivity index (χ0n) is 13.5. The smallest absolute Gasteiger partial charge is 0.219 e. The number of hydrogen-bond acceptors (Lipinski definition) is 11. The minimum Gasteiger partial charge on any atom is -0.412 e. The highest BCUT2D eigenvalue weighted by Gasteiger charge is 2.56. The van der Waals surface area contributed by atoms with Gasteiger partial charge in [0.25, 0.3) is 0 Å². The monoisotopic (exact) mass is 396 g/mol. The molecule has 0 radical (unpaired) electrons. The molecule has 14 N–H and O–H groups in total. The first-order valence-electron chi connectivity index (χ1n) is 7.05. The van der Waals surface area contributed by atoms with Gasteiger partial charge >= 0.3 is 0 Å². The van der Waals surface area contributed by atoms with Gasteiger partial charge < -0.3 is 71.5 Å². The van der Waals surface area contributed by atoms with Crippen molar-refractivity contribution in [3.63, 3.8) is 0 Å². The summed E-state index contributed by atoms with van der Waals surface area (Å²) in [5.74, 6) is -2.37. The molecular weight excluding hydrogens is 368 g/mol. The van der Waals surface area contributed by atoms with Gasteiger partial charge in [-0.1, -0.05) is 0 Å². The van der Waals surface area contributed by atoms with E-state index in [4.69, 9.17) is 24.4 Å². The molecule has 9 atom stereocenters. The van der Waals surface area contributed by atoms with Crippen molar-refractivity contribution in [1.82, 2.24) is 0 Å². The number of ether oxygens (including phenoxy) is 3. The van der Waals surface area contributed by atoms with E-state index in [1.54, 1.807) is 0 Å². The molecule has 14 nitrogen and oxygen atoms in total. The van der Waals surface area contributed by atoms with Crippen LogP contribution >= 0.6 is 0 Å². The van der Waals surface area contributed by atoms with Crippen LogP contribution in [0.25, 0.3) is 0 Å². The van der Waals surface area contributed by atoms with Gasteiger partial charge in [-0.05, 0) is 0 Å². The minimum absolute atomic E-state index is 0. The maximum atomic E-state index is 10.00. The summed E-state index contributed by atoms with van der Waals surface area (Å²) in [6, 6.07) is 0. The number of aliphatic hydroxyl groups excluding tert-OH is 7. The lowest BCUT2D eigenvalue weighted by atomic mass is 9.99. The van der Waals surface area contributed by atoms with Gasteiger partial charge in [-0.3, -0.25) is 0 Å². The third-order valence-electron chi connectivity index (χ3n) is 4.04. The summed E-state index contributed by atoms with van der Waals surface area (Å²) >= 11 is 0. The number of rotatable bonds is 5. The molecule has 0 saturated carbocycles. The maximum absolute atomic E-state index is 10.00. The molecule has 14 heteroatoms. The quantitative estimate of drug-likeness (QED) is 0.216. The van der Waals surface area contributed by atoms with Crippen molar-refractivity contribution < 1.29 is 71.5 Å². The first-order chi connectivity index (χ1) is 10.8. The van der Waals surface area contributed by atoms with E-state index in [2.05, 4.69) is 0 Å². The fourth-order valence-electron chi connectivity index (χ4n) is 2.63. The molecule has 2 aliphatic rings. The Morgan fingerprint density at radius 3 is 1.81 bits per heavy atom. The van der Waals surface area contributed by atoms with Gasteiger partial charge in [0, 0.05) is 0 Å². The predicted molar refractivity (Wildman–Crippen MR) is 79.5 cm³/mol. The Labute approximate surface area is 147 Å². The number of aliphatic hydroxyl groups is 8. The van der Waals surface area contributed by atoms with Crippen LogP contribution in [-0.2, 0) is 14.2 Å². The highest BCUT2D eigenvalue weighted by molar-refractivity contribution is 4.98. The molecule has 2 saturated heterocycles. The van der Waals surface area contributed by atoms with Gasteiger partial charge in [0.05, 0.1) is 19.8 Å². The van der Waals surface area contributed by atoms with Crippen molar-refractivity contribution in [1.29, 1.82) is 0 Å². The van der Waals surface area contributed by atoms with E-state index in [-0.39, 0.29) is 16.4 Å². The van der Waals surface area contributed by atoms with Gasteiger partial charge in [0.15, 0.2) is 6.29 Å². The standard InChI is InChI=1S/C12H22O11.3H2O/c13-1-4-6(16)7(17)8(18)11(21-4)22-9-5(2-14)23-12(20,3-15)10(9)19;;;/h4-11,13-20H,1-3H2;3*1H2. The van der Waals surface area contributed by atoms with E-state index in [1.165, 1.54) is 0 Å². The molecule has 9 unspecified atom stereocenters. The fourth-order valence-corrected chi connectivity index (χ4v) is 2.63. The Balaban J connectivity index is 0. The maximum Gasteiger partial charge on any atom is 0.219 e. The molecule has 0 aromatic rings. The van der Waals surface area contributed by atoms with Crippen molar-refractivity contribution in [2.75, 3.05) is 19.8 Å². The third-order valence-corrected chi connectivity index (χ3v) is 4.04. The van der Waals surface area contributed by atoms with E-state index in [9.17, 15) is 30.6 Å². The van der Waals surface area contributed by atoms with Crippen LogP contribution in [0.3, 0.4) is 0 Å². The summed E-state index contributed by atoms with van der Waals surface area (Å²) in [4.78, 5) is 0. The fraction of sp³-hybridized carbons (Fsp3) is 1.00. The van der Waals surface area contributed by atoms with Crippen molar-refractivity contribution in [2.24, 2.45) is 0 Å². The van der Waals surface area contributed by atoms with Crippen LogP contribution < -0.4 is 0 Å². The topological polar surface area (TPSA) is 284 Å². The highest BCUT2D eigenvalue weighted by Crippen LogP contribution is 2.33. The summed E-state index contributed by atoms with van der Waals surface area (Å²) in [6.45, 7) is -2.32. The van der Waals surface area contributed by atoms with Crippen LogP contribution in [0, 0.1) is 0 Å². The average molecular weight is 396 g/mol. The van der Waals surface area contributed by atoms with Gasteiger partial charge in [0.2, 0.25) is 5.79 Å². The molecule has 0 amide bonds. The third kappa shape index (κ3) is 4.83. The summed E-state index contributed by atoms with van der Waals surface area (Å²) in [5, 5.41) is 76.5. The van der Waals surface area contributed by atoms with Gasteiger partial charge in [-0.2, -0.15) is 0 Å². The minimum atomic E-state index is -2.37. The second-order valence-electron chi connectivity index (χ2n) is 5.58. The molecule has 2 rings (SSSR count). The zero-order valence-corrected chi connectivity index (χ0v) is 13.5. The van der Waals surface area contributed by atoms with E-state index in [1.807, 2.05) is 0 Å². The Hall–Kier alpha value is -0.560. The van der Waals surface area contributed by atoms with E-state index in [0.29, 0.717) is 0 Å². The molecule has 0 aliphatic carbocycles. The highest BCUT2D eigenvalue weighted by atomic mass is 16.7. The van der Waals surface area contributed by atoms with Crippen molar-refractivity contribution in [3.05, 3.63) is 0 Å². The largest absolute Gasteiger partial charge is 0.412 e. The average Bonchev–Trinajstić information content (AvgIpc) is 2.80.